The van der Waals surface area contributed by atoms with Gasteiger partial charge in [-0.1, -0.05) is 17.7 Å². The molecule has 1 aromatic rings. The Morgan fingerprint density at radius 1 is 1.41 bits per heavy atom. The molecule has 1 atom stereocenters. The van der Waals surface area contributed by atoms with E-state index in [1.54, 1.807) is 7.11 Å². The van der Waals surface area contributed by atoms with Crippen molar-refractivity contribution in [3.63, 3.8) is 0 Å². The van der Waals surface area contributed by atoms with E-state index in [1.165, 1.54) is 16.9 Å². The first-order valence-corrected chi connectivity index (χ1v) is 7.10. The fraction of sp³-hybridized carbons (Fsp3) is 0.571. The quantitative estimate of drug-likeness (QED) is 0.568. The third-order valence-electron chi connectivity index (χ3n) is 2.75. The number of hydrogen-bond donors (Lipinski definition) is 1. The number of ether oxygens (including phenoxy) is 1. The lowest BCUT2D eigenvalue weighted by Crippen LogP contribution is -2.27. The van der Waals surface area contributed by atoms with Crippen molar-refractivity contribution in [2.75, 3.05) is 26.5 Å². The molecule has 2 nitrogen and oxygen atoms in total. The number of aryl methyl sites for hydroxylation is 1. The van der Waals surface area contributed by atoms with Gasteiger partial charge < -0.3 is 10.1 Å². The summed E-state index contributed by atoms with van der Waals surface area (Å²) in [4.78, 5) is 1.36. The number of benzene rings is 1. The smallest absolute Gasteiger partial charge is 0.0462 e. The van der Waals surface area contributed by atoms with E-state index in [-0.39, 0.29) is 0 Å². The standard InChI is InChI=1S/C14H23NOS/c1-12-6-4-8-14(10-12)17-11-13(15-2)7-5-9-16-3/h4,6,8,10,13,15H,5,7,9,11H2,1-3H3. The summed E-state index contributed by atoms with van der Waals surface area (Å²) in [6, 6.07) is 9.25. The second kappa shape index (κ2) is 8.56. The summed E-state index contributed by atoms with van der Waals surface area (Å²) in [6.45, 7) is 2.99. The first-order valence-electron chi connectivity index (χ1n) is 6.12. The fourth-order valence-corrected chi connectivity index (χ4v) is 2.86. The summed E-state index contributed by atoms with van der Waals surface area (Å²) in [7, 11) is 3.80. The first kappa shape index (κ1) is 14.6. The van der Waals surface area contributed by atoms with Gasteiger partial charge in [0.05, 0.1) is 0 Å². The molecule has 3 heteroatoms. The van der Waals surface area contributed by atoms with Gasteiger partial charge in [-0.25, -0.2) is 0 Å². The second-order valence-electron chi connectivity index (χ2n) is 4.25. The summed E-state index contributed by atoms with van der Waals surface area (Å²) in [5.74, 6) is 1.11. The van der Waals surface area contributed by atoms with Crippen molar-refractivity contribution in [3.05, 3.63) is 29.8 Å². The highest BCUT2D eigenvalue weighted by atomic mass is 32.2. The molecule has 0 aromatic heterocycles. The number of methoxy groups -OCH3 is 1. The van der Waals surface area contributed by atoms with Crippen molar-refractivity contribution in [2.45, 2.75) is 30.7 Å². The van der Waals surface area contributed by atoms with Gasteiger partial charge >= 0.3 is 0 Å². The SMILES string of the molecule is CNC(CCCOC)CSc1cccc(C)c1. The third kappa shape index (κ3) is 6.10. The van der Waals surface area contributed by atoms with E-state index in [9.17, 15) is 0 Å². The number of rotatable bonds is 8. The molecule has 1 rings (SSSR count). The van der Waals surface area contributed by atoms with E-state index in [2.05, 4.69) is 36.5 Å². The van der Waals surface area contributed by atoms with Crippen LogP contribution in [-0.4, -0.2) is 32.6 Å². The molecule has 0 fully saturated rings. The molecule has 1 N–H and O–H groups in total. The summed E-state index contributed by atoms with van der Waals surface area (Å²) in [5.41, 5.74) is 1.33. The van der Waals surface area contributed by atoms with Crippen LogP contribution in [0.3, 0.4) is 0 Å². The summed E-state index contributed by atoms with van der Waals surface area (Å²) < 4.78 is 5.08. The molecule has 0 saturated carbocycles. The fourth-order valence-electron chi connectivity index (χ4n) is 1.69. The van der Waals surface area contributed by atoms with Crippen molar-refractivity contribution in [1.29, 1.82) is 0 Å². The maximum Gasteiger partial charge on any atom is 0.0462 e. The lowest BCUT2D eigenvalue weighted by molar-refractivity contribution is 0.190. The Bertz CT molecular complexity index is 317. The zero-order valence-electron chi connectivity index (χ0n) is 11.0. The normalized spacial score (nSPS) is 12.6. The molecule has 17 heavy (non-hydrogen) atoms. The Balaban J connectivity index is 2.31. The minimum Gasteiger partial charge on any atom is -0.385 e. The van der Waals surface area contributed by atoms with Crippen molar-refractivity contribution in [3.8, 4) is 0 Å². The van der Waals surface area contributed by atoms with Gasteiger partial charge in [0.15, 0.2) is 0 Å². The topological polar surface area (TPSA) is 21.3 Å². The highest BCUT2D eigenvalue weighted by Crippen LogP contribution is 2.20. The van der Waals surface area contributed by atoms with E-state index in [4.69, 9.17) is 4.74 Å². The van der Waals surface area contributed by atoms with Gasteiger partial charge in [-0.2, -0.15) is 0 Å². The Morgan fingerprint density at radius 3 is 2.88 bits per heavy atom. The van der Waals surface area contributed by atoms with Gasteiger partial charge in [-0.05, 0) is 38.9 Å². The minimum absolute atomic E-state index is 0.565. The lowest BCUT2D eigenvalue weighted by Gasteiger charge is -2.15. The van der Waals surface area contributed by atoms with E-state index in [0.717, 1.165) is 18.8 Å². The van der Waals surface area contributed by atoms with Crippen LogP contribution in [0.2, 0.25) is 0 Å². The van der Waals surface area contributed by atoms with E-state index in [1.807, 2.05) is 18.8 Å². The van der Waals surface area contributed by atoms with Crippen molar-refractivity contribution in [1.82, 2.24) is 5.32 Å². The first-order chi connectivity index (χ1) is 8.26. The van der Waals surface area contributed by atoms with Crippen LogP contribution in [-0.2, 0) is 4.74 Å². The van der Waals surface area contributed by atoms with Gasteiger partial charge in [-0.15, -0.1) is 11.8 Å². The maximum atomic E-state index is 5.08. The van der Waals surface area contributed by atoms with Gasteiger partial charge in [0.2, 0.25) is 0 Å². The number of thioether (sulfide) groups is 1. The molecule has 0 aliphatic carbocycles. The Kier molecular flexibility index (Phi) is 7.33. The zero-order chi connectivity index (χ0) is 12.5. The van der Waals surface area contributed by atoms with Crippen LogP contribution in [0, 0.1) is 6.92 Å². The molecule has 0 spiro atoms. The van der Waals surface area contributed by atoms with E-state index in [0.29, 0.717) is 6.04 Å². The Labute approximate surface area is 109 Å². The molecule has 0 bridgehead atoms. The molecule has 0 radical (unpaired) electrons. The van der Waals surface area contributed by atoms with Gasteiger partial charge in [0.1, 0.15) is 0 Å². The van der Waals surface area contributed by atoms with E-state index >= 15 is 0 Å². The molecule has 0 heterocycles. The number of nitrogens with one attached hydrogen (secondary N) is 1. The average molecular weight is 253 g/mol. The molecule has 1 unspecified atom stereocenters. The van der Waals surface area contributed by atoms with Crippen LogP contribution in [0.15, 0.2) is 29.2 Å². The molecule has 0 saturated heterocycles. The van der Waals surface area contributed by atoms with Crippen LogP contribution in [0.1, 0.15) is 18.4 Å². The Hall–Kier alpha value is -0.510. The Morgan fingerprint density at radius 2 is 2.24 bits per heavy atom. The van der Waals surface area contributed by atoms with Crippen LogP contribution in [0.25, 0.3) is 0 Å². The summed E-state index contributed by atoms with van der Waals surface area (Å²) in [6.07, 6.45) is 2.29. The van der Waals surface area contributed by atoms with Crippen molar-refractivity contribution < 1.29 is 4.74 Å². The van der Waals surface area contributed by atoms with Crippen LogP contribution in [0.4, 0.5) is 0 Å². The zero-order valence-corrected chi connectivity index (χ0v) is 11.8. The predicted molar refractivity (Wildman–Crippen MR) is 75.9 cm³/mol. The molecule has 0 aliphatic heterocycles. The molecule has 0 amide bonds. The highest BCUT2D eigenvalue weighted by molar-refractivity contribution is 7.99. The monoisotopic (exact) mass is 253 g/mol. The van der Waals surface area contributed by atoms with Crippen LogP contribution in [0.5, 0.6) is 0 Å². The van der Waals surface area contributed by atoms with E-state index < -0.39 is 0 Å². The average Bonchev–Trinajstić information content (AvgIpc) is 2.34. The second-order valence-corrected chi connectivity index (χ2v) is 5.34. The van der Waals surface area contributed by atoms with Crippen LogP contribution >= 0.6 is 11.8 Å². The molecule has 96 valence electrons. The predicted octanol–water partition coefficient (Wildman–Crippen LogP) is 3.10. The molecule has 1 aromatic carbocycles. The molecule has 0 aliphatic rings. The highest BCUT2D eigenvalue weighted by Gasteiger charge is 2.06. The van der Waals surface area contributed by atoms with Crippen molar-refractivity contribution in [2.24, 2.45) is 0 Å². The van der Waals surface area contributed by atoms with Crippen LogP contribution < -0.4 is 5.32 Å². The molecular weight excluding hydrogens is 230 g/mol. The van der Waals surface area contributed by atoms with Gasteiger partial charge in [-0.3, -0.25) is 0 Å². The summed E-state index contributed by atoms with van der Waals surface area (Å²) >= 11 is 1.92. The van der Waals surface area contributed by atoms with Crippen molar-refractivity contribution >= 4 is 11.8 Å². The third-order valence-corrected chi connectivity index (χ3v) is 3.91. The molecular formula is C14H23NOS. The number of hydrogen-bond acceptors (Lipinski definition) is 3. The van der Waals surface area contributed by atoms with Gasteiger partial charge in [0, 0.05) is 30.4 Å². The minimum atomic E-state index is 0.565. The maximum absolute atomic E-state index is 5.08. The lowest BCUT2D eigenvalue weighted by atomic mass is 10.2. The summed E-state index contributed by atoms with van der Waals surface area (Å²) in [5, 5.41) is 3.37. The van der Waals surface area contributed by atoms with Gasteiger partial charge in [0.25, 0.3) is 0 Å². The largest absolute Gasteiger partial charge is 0.385 e.